The zero-order valence-corrected chi connectivity index (χ0v) is 21.9. The summed E-state index contributed by atoms with van der Waals surface area (Å²) in [5.41, 5.74) is 4.34. The summed E-state index contributed by atoms with van der Waals surface area (Å²) in [6, 6.07) is 0. The molecule has 1 saturated carbocycles. The maximum Gasteiger partial charge on any atom is 0.124 e. The minimum Gasteiger partial charge on any atom is -0.332 e. The highest BCUT2D eigenvalue weighted by atomic mass is 28.3. The van der Waals surface area contributed by atoms with Crippen LogP contribution in [0.4, 0.5) is 0 Å². The highest BCUT2D eigenvalue weighted by Gasteiger charge is 2.55. The number of fused-ring (bicyclic) bond motifs is 3. The van der Waals surface area contributed by atoms with Gasteiger partial charge >= 0.3 is 0 Å². The first-order valence-corrected chi connectivity index (χ1v) is 14.7. The molecular formula is C27H45NSi. The molecule has 0 saturated heterocycles. The van der Waals surface area contributed by atoms with Gasteiger partial charge in [-0.15, -0.1) is 0 Å². The van der Waals surface area contributed by atoms with Crippen LogP contribution in [0.2, 0.25) is 18.6 Å². The number of hydrogen-bond acceptors (Lipinski definition) is 1. The van der Waals surface area contributed by atoms with Gasteiger partial charge in [0.15, 0.2) is 0 Å². The van der Waals surface area contributed by atoms with Gasteiger partial charge < -0.3 is 4.98 Å². The average Bonchev–Trinajstić information content (AvgIpc) is 2.84. The van der Waals surface area contributed by atoms with Crippen LogP contribution in [0.5, 0.6) is 0 Å². The van der Waals surface area contributed by atoms with E-state index in [0.717, 1.165) is 0 Å². The highest BCUT2D eigenvalue weighted by Crippen LogP contribution is 2.59. The third-order valence-corrected chi connectivity index (χ3v) is 11.0. The summed E-state index contributed by atoms with van der Waals surface area (Å²) in [7, 11) is -1.71. The van der Waals surface area contributed by atoms with Gasteiger partial charge in [0.05, 0.1) is 0 Å². The molecule has 162 valence electrons. The first-order valence-electron chi connectivity index (χ1n) is 11.6. The Morgan fingerprint density at radius 3 is 1.34 bits per heavy atom. The van der Waals surface area contributed by atoms with E-state index in [1.54, 1.807) is 0 Å². The molecule has 0 aromatic rings. The molecule has 1 N–H and O–H groups in total. The molecule has 1 nitrogen and oxygen atoms in total. The van der Waals surface area contributed by atoms with Crippen molar-refractivity contribution in [3.8, 4) is 0 Å². The number of rotatable bonds is 2. The van der Waals surface area contributed by atoms with Crippen LogP contribution in [0.1, 0.15) is 62.3 Å². The predicted molar refractivity (Wildman–Crippen MR) is 131 cm³/mol. The van der Waals surface area contributed by atoms with Crippen molar-refractivity contribution in [1.29, 1.82) is 0 Å². The van der Waals surface area contributed by atoms with Gasteiger partial charge in [-0.05, 0) is 72.0 Å². The van der Waals surface area contributed by atoms with Crippen LogP contribution in [0.15, 0.2) is 47.6 Å². The lowest BCUT2D eigenvalue weighted by Crippen LogP contribution is -2.59. The summed E-state index contributed by atoms with van der Waals surface area (Å²) >= 11 is 0. The fourth-order valence-corrected chi connectivity index (χ4v) is 10.8. The van der Waals surface area contributed by atoms with E-state index in [1.807, 2.05) is 0 Å². The van der Waals surface area contributed by atoms with Crippen LogP contribution in [0.3, 0.4) is 0 Å². The standard InChI is InChI=1S/C27H45NSi/c1-25(2,3)18-12-14-20-21-15-13-19(26(4,5)6)17-23(21)24(22(20)16-18)29(10,11)28-27(7,8)9/h12-17,20-24,28H,1-11H3. The summed E-state index contributed by atoms with van der Waals surface area (Å²) in [5, 5.41) is 0. The second-order valence-electron chi connectivity index (χ2n) is 13.4. The Hall–Kier alpha value is -0.863. The molecule has 29 heavy (non-hydrogen) atoms. The normalized spacial score (nSPS) is 32.6. The van der Waals surface area contributed by atoms with Crippen LogP contribution in [-0.4, -0.2) is 13.8 Å². The Balaban J connectivity index is 2.10. The van der Waals surface area contributed by atoms with Crippen LogP contribution >= 0.6 is 0 Å². The molecule has 0 heterocycles. The smallest absolute Gasteiger partial charge is 0.124 e. The van der Waals surface area contributed by atoms with E-state index < -0.39 is 8.24 Å². The first kappa shape index (κ1) is 22.8. The molecule has 0 bridgehead atoms. The molecule has 0 aromatic heterocycles. The van der Waals surface area contributed by atoms with Crippen LogP contribution in [0, 0.1) is 34.5 Å². The molecule has 0 spiro atoms. The van der Waals surface area contributed by atoms with E-state index in [9.17, 15) is 0 Å². The van der Waals surface area contributed by atoms with Gasteiger partial charge in [0.1, 0.15) is 8.24 Å². The van der Waals surface area contributed by atoms with Crippen LogP contribution in [0.25, 0.3) is 0 Å². The number of hydrogen-bond donors (Lipinski definition) is 1. The summed E-state index contributed by atoms with van der Waals surface area (Å²) in [6.45, 7) is 26.3. The summed E-state index contributed by atoms with van der Waals surface area (Å²) < 4.78 is 0. The maximum atomic E-state index is 4.14. The van der Waals surface area contributed by atoms with Gasteiger partial charge in [-0.1, -0.05) is 91.1 Å². The largest absolute Gasteiger partial charge is 0.332 e. The van der Waals surface area contributed by atoms with Gasteiger partial charge in [0.2, 0.25) is 0 Å². The summed E-state index contributed by atoms with van der Waals surface area (Å²) in [5.74, 6) is 2.55. The minimum atomic E-state index is -1.71. The van der Waals surface area contributed by atoms with E-state index in [0.29, 0.717) is 29.2 Å². The molecule has 3 aliphatic carbocycles. The molecule has 3 rings (SSSR count). The van der Waals surface area contributed by atoms with Crippen LogP contribution in [-0.2, 0) is 0 Å². The minimum absolute atomic E-state index is 0.158. The molecule has 1 fully saturated rings. The van der Waals surface area contributed by atoms with Gasteiger partial charge in [0.25, 0.3) is 0 Å². The molecule has 3 aliphatic rings. The van der Waals surface area contributed by atoms with E-state index >= 15 is 0 Å². The number of nitrogens with one attached hydrogen (secondary N) is 1. The third-order valence-electron chi connectivity index (χ3n) is 7.17. The molecule has 0 aromatic carbocycles. The van der Waals surface area contributed by atoms with Crippen molar-refractivity contribution >= 4 is 8.24 Å². The summed E-state index contributed by atoms with van der Waals surface area (Å²) in [6.07, 6.45) is 15.3. The monoisotopic (exact) mass is 411 g/mol. The Bertz CT molecular complexity index is 706. The van der Waals surface area contributed by atoms with Gasteiger partial charge in [0, 0.05) is 5.54 Å². The Morgan fingerprint density at radius 1 is 0.655 bits per heavy atom. The van der Waals surface area contributed by atoms with Gasteiger partial charge in [-0.2, -0.15) is 0 Å². The molecule has 0 amide bonds. The van der Waals surface area contributed by atoms with E-state index in [-0.39, 0.29) is 16.4 Å². The van der Waals surface area contributed by atoms with E-state index in [1.165, 1.54) is 11.1 Å². The third kappa shape index (κ3) is 4.59. The SMILES string of the molecule is CC(C)(C)N[Si](C)(C)C1C2C=C(C(C)(C)C)C=CC2C2C=CC(C(C)(C)C)=CC21. The molecule has 4 atom stereocenters. The van der Waals surface area contributed by atoms with Crippen molar-refractivity contribution < 1.29 is 0 Å². The number of allylic oxidation sites excluding steroid dienone is 8. The molecule has 4 unspecified atom stereocenters. The van der Waals surface area contributed by atoms with Crippen molar-refractivity contribution in [2.45, 2.75) is 86.5 Å². The molecule has 2 heteroatoms. The van der Waals surface area contributed by atoms with Crippen LogP contribution < -0.4 is 4.98 Å². The quantitative estimate of drug-likeness (QED) is 0.463. The fourth-order valence-electron chi connectivity index (χ4n) is 6.16. The van der Waals surface area contributed by atoms with Crippen molar-refractivity contribution in [2.24, 2.45) is 34.5 Å². The zero-order valence-electron chi connectivity index (χ0n) is 20.9. The second-order valence-corrected chi connectivity index (χ2v) is 17.8. The lowest BCUT2D eigenvalue weighted by Gasteiger charge is -2.43. The maximum absolute atomic E-state index is 4.14. The van der Waals surface area contributed by atoms with Gasteiger partial charge in [-0.25, -0.2) is 0 Å². The lowest BCUT2D eigenvalue weighted by molar-refractivity contribution is 0.433. The Labute approximate surface area is 181 Å². The first-order chi connectivity index (χ1) is 13.0. The lowest BCUT2D eigenvalue weighted by atomic mass is 9.74. The molecular weight excluding hydrogens is 366 g/mol. The molecule has 0 radical (unpaired) electrons. The van der Waals surface area contributed by atoms with E-state index in [2.05, 4.69) is 117 Å². The van der Waals surface area contributed by atoms with Crippen molar-refractivity contribution in [2.75, 3.05) is 0 Å². The van der Waals surface area contributed by atoms with Crippen molar-refractivity contribution in [1.82, 2.24) is 4.98 Å². The summed E-state index contributed by atoms with van der Waals surface area (Å²) in [4.78, 5) is 4.14. The fraction of sp³-hybridized carbons (Fsp3) is 0.704. The topological polar surface area (TPSA) is 12.0 Å². The highest BCUT2D eigenvalue weighted by molar-refractivity contribution is 6.76. The zero-order chi connectivity index (χ0) is 22.0. The Morgan fingerprint density at radius 2 is 1.03 bits per heavy atom. The van der Waals surface area contributed by atoms with Gasteiger partial charge in [-0.3, -0.25) is 0 Å². The van der Waals surface area contributed by atoms with Crippen molar-refractivity contribution in [3.05, 3.63) is 47.6 Å². The van der Waals surface area contributed by atoms with Crippen molar-refractivity contribution in [3.63, 3.8) is 0 Å². The Kier molecular flexibility index (Phi) is 5.58. The second kappa shape index (κ2) is 7.09. The van der Waals surface area contributed by atoms with E-state index in [4.69, 9.17) is 0 Å². The molecule has 0 aliphatic heterocycles. The average molecular weight is 412 g/mol. The predicted octanol–water partition coefficient (Wildman–Crippen LogP) is 7.51.